The van der Waals surface area contributed by atoms with Crippen LogP contribution in [-0.2, 0) is 31.1 Å². The molecular formula is C34H39F3N4O2S. The molecule has 5 rings (SSSR count). The molecule has 0 unspecified atom stereocenters. The van der Waals surface area contributed by atoms with E-state index in [1.807, 2.05) is 49.5 Å². The summed E-state index contributed by atoms with van der Waals surface area (Å²) in [7, 11) is 2.01. The zero-order chi connectivity index (χ0) is 31.6. The van der Waals surface area contributed by atoms with Gasteiger partial charge in [-0.3, -0.25) is 4.79 Å². The number of nitrogens with zero attached hydrogens (tertiary/aromatic N) is 2. The Hall–Kier alpha value is -3.47. The molecule has 0 aliphatic carbocycles. The molecule has 0 fully saturated rings. The molecule has 0 bridgehead atoms. The van der Waals surface area contributed by atoms with E-state index >= 15 is 0 Å². The molecule has 0 radical (unpaired) electrons. The molecule has 1 aromatic heterocycles. The minimum atomic E-state index is -4.45. The maximum Gasteiger partial charge on any atom is 0.416 e. The lowest BCUT2D eigenvalue weighted by Crippen LogP contribution is -2.51. The number of benzene rings is 3. The van der Waals surface area contributed by atoms with E-state index in [0.29, 0.717) is 17.5 Å². The van der Waals surface area contributed by atoms with Crippen molar-refractivity contribution in [3.8, 4) is 0 Å². The zero-order valence-electron chi connectivity index (χ0n) is 25.4. The van der Waals surface area contributed by atoms with Gasteiger partial charge in [0.1, 0.15) is 0 Å². The second kappa shape index (κ2) is 12.9. The van der Waals surface area contributed by atoms with Gasteiger partial charge in [0.05, 0.1) is 28.9 Å². The van der Waals surface area contributed by atoms with Crippen molar-refractivity contribution in [1.29, 1.82) is 0 Å². The number of aryl methyl sites for hydroxylation is 2. The van der Waals surface area contributed by atoms with Crippen LogP contribution in [0.3, 0.4) is 0 Å². The highest BCUT2D eigenvalue weighted by molar-refractivity contribution is 8.00. The Morgan fingerprint density at radius 3 is 2.48 bits per heavy atom. The molecule has 6 nitrogen and oxygen atoms in total. The average molecular weight is 625 g/mol. The first-order valence-corrected chi connectivity index (χ1v) is 15.8. The number of aliphatic hydroxyl groups excluding tert-OH is 1. The lowest BCUT2D eigenvalue weighted by atomic mass is 9.92. The SMILES string of the molecule is CCc1cn2c3c(cc(C(=O)N[C@@H](Cc4ccccc4)[C@H](O)CNC(C)(C)c4cccc(C(F)(F)F)c4)cc13)N(C)SCC2. The van der Waals surface area contributed by atoms with E-state index < -0.39 is 29.4 Å². The number of alkyl halides is 3. The molecule has 1 aliphatic heterocycles. The Bertz CT molecular complexity index is 1620. The van der Waals surface area contributed by atoms with Crippen LogP contribution >= 0.6 is 11.9 Å². The minimum absolute atomic E-state index is 0.0491. The molecule has 3 aromatic carbocycles. The van der Waals surface area contributed by atoms with Crippen molar-refractivity contribution in [3.05, 3.63) is 101 Å². The van der Waals surface area contributed by atoms with E-state index in [-0.39, 0.29) is 12.5 Å². The van der Waals surface area contributed by atoms with Gasteiger partial charge in [-0.15, -0.1) is 0 Å². The normalized spacial score (nSPS) is 15.2. The quantitative estimate of drug-likeness (QED) is 0.175. The minimum Gasteiger partial charge on any atom is -0.390 e. The third-order valence-electron chi connectivity index (χ3n) is 8.38. The Morgan fingerprint density at radius 1 is 1.05 bits per heavy atom. The molecule has 44 heavy (non-hydrogen) atoms. The average Bonchev–Trinajstić information content (AvgIpc) is 3.28. The number of carbonyl (C=O) groups excluding carboxylic acids is 1. The van der Waals surface area contributed by atoms with Gasteiger partial charge in [-0.2, -0.15) is 13.2 Å². The van der Waals surface area contributed by atoms with Gasteiger partial charge >= 0.3 is 6.18 Å². The van der Waals surface area contributed by atoms with Crippen LogP contribution < -0.4 is 14.9 Å². The van der Waals surface area contributed by atoms with Crippen molar-refractivity contribution in [1.82, 2.24) is 15.2 Å². The molecule has 0 spiro atoms. The summed E-state index contributed by atoms with van der Waals surface area (Å²) < 4.78 is 44.5. The number of aliphatic hydroxyl groups is 1. The lowest BCUT2D eigenvalue weighted by Gasteiger charge is -2.31. The number of anilines is 1. The summed E-state index contributed by atoms with van der Waals surface area (Å²) in [5.41, 5.74) is 3.57. The molecule has 1 aliphatic rings. The zero-order valence-corrected chi connectivity index (χ0v) is 26.2. The van der Waals surface area contributed by atoms with E-state index in [1.54, 1.807) is 31.9 Å². The third kappa shape index (κ3) is 6.92. The second-order valence-electron chi connectivity index (χ2n) is 11.8. The molecule has 2 heterocycles. The van der Waals surface area contributed by atoms with Crippen molar-refractivity contribution in [2.75, 3.05) is 23.7 Å². The molecular weight excluding hydrogens is 585 g/mol. The Labute approximate surface area is 260 Å². The number of halogens is 3. The van der Waals surface area contributed by atoms with Crippen molar-refractivity contribution in [2.45, 2.75) is 64.0 Å². The van der Waals surface area contributed by atoms with Crippen molar-refractivity contribution in [2.24, 2.45) is 0 Å². The molecule has 4 aromatic rings. The standard InChI is InChI=1S/C34H39F3N4O2S/c1-5-23-21-41-14-15-44-40(4)29-18-24(17-27(23)31(29)41)32(43)39-28(16-22-10-7-6-8-11-22)30(42)20-38-33(2,3)25-12-9-13-26(19-25)34(35,36)37/h6-13,17-19,21,28,30,38,42H,5,14-16,20H2,1-4H3,(H,39,43)/t28-,30+/m0/s1. The van der Waals surface area contributed by atoms with Crippen molar-refractivity contribution < 1.29 is 23.1 Å². The summed E-state index contributed by atoms with van der Waals surface area (Å²) in [6, 6.07) is 18.0. The van der Waals surface area contributed by atoms with Gasteiger partial charge in [0.25, 0.3) is 5.91 Å². The monoisotopic (exact) mass is 624 g/mol. The van der Waals surface area contributed by atoms with Crippen LogP contribution in [0.4, 0.5) is 18.9 Å². The van der Waals surface area contributed by atoms with E-state index in [2.05, 4.69) is 32.6 Å². The first-order chi connectivity index (χ1) is 20.9. The van der Waals surface area contributed by atoms with Crippen LogP contribution in [0.2, 0.25) is 0 Å². The van der Waals surface area contributed by atoms with Crippen LogP contribution in [0.5, 0.6) is 0 Å². The van der Waals surface area contributed by atoms with Crippen LogP contribution in [0, 0.1) is 0 Å². The van der Waals surface area contributed by atoms with Gasteiger partial charge in [0.2, 0.25) is 0 Å². The largest absolute Gasteiger partial charge is 0.416 e. The fourth-order valence-corrected chi connectivity index (χ4v) is 6.58. The van der Waals surface area contributed by atoms with Crippen molar-refractivity contribution in [3.63, 3.8) is 0 Å². The number of hydrogen-bond acceptors (Lipinski definition) is 5. The number of nitrogens with one attached hydrogen (secondary N) is 2. The third-order valence-corrected chi connectivity index (χ3v) is 9.33. The first kappa shape index (κ1) is 31.9. The Kier molecular flexibility index (Phi) is 9.34. The fourth-order valence-electron chi connectivity index (χ4n) is 5.75. The summed E-state index contributed by atoms with van der Waals surface area (Å²) in [6.45, 7) is 6.59. The predicted molar refractivity (Wildman–Crippen MR) is 172 cm³/mol. The van der Waals surface area contributed by atoms with Gasteiger partial charge in [0, 0.05) is 48.6 Å². The molecule has 1 amide bonds. The second-order valence-corrected chi connectivity index (χ2v) is 13.1. The van der Waals surface area contributed by atoms with Crippen LogP contribution in [0.15, 0.2) is 72.9 Å². The summed E-state index contributed by atoms with van der Waals surface area (Å²) in [5, 5.41) is 18.8. The number of carbonyl (C=O) groups is 1. The smallest absolute Gasteiger partial charge is 0.390 e. The summed E-state index contributed by atoms with van der Waals surface area (Å²) in [4.78, 5) is 13.9. The molecule has 3 N–H and O–H groups in total. The number of amides is 1. The first-order valence-electron chi connectivity index (χ1n) is 14.9. The van der Waals surface area contributed by atoms with E-state index in [9.17, 15) is 23.1 Å². The maximum atomic E-state index is 13.9. The number of rotatable bonds is 10. The predicted octanol–water partition coefficient (Wildman–Crippen LogP) is 6.55. The molecule has 10 heteroatoms. The van der Waals surface area contributed by atoms with Crippen molar-refractivity contribution >= 4 is 34.4 Å². The van der Waals surface area contributed by atoms with Gasteiger partial charge in [-0.1, -0.05) is 49.4 Å². The van der Waals surface area contributed by atoms with Crippen LogP contribution in [0.25, 0.3) is 10.9 Å². The summed E-state index contributed by atoms with van der Waals surface area (Å²) in [5.74, 6) is 0.632. The highest BCUT2D eigenvalue weighted by Gasteiger charge is 2.33. The number of aromatic nitrogens is 1. The molecule has 234 valence electrons. The van der Waals surface area contributed by atoms with Gasteiger partial charge in [-0.25, -0.2) is 0 Å². The highest BCUT2D eigenvalue weighted by atomic mass is 32.2. The Morgan fingerprint density at radius 2 is 1.77 bits per heavy atom. The van der Waals surface area contributed by atoms with Crippen LogP contribution in [0.1, 0.15) is 53.4 Å². The van der Waals surface area contributed by atoms with E-state index in [1.165, 1.54) is 11.6 Å². The van der Waals surface area contributed by atoms with Gasteiger partial charge in [-0.05, 0) is 79.6 Å². The topological polar surface area (TPSA) is 69.5 Å². The highest BCUT2D eigenvalue weighted by Crippen LogP contribution is 2.37. The van der Waals surface area contributed by atoms with Gasteiger partial charge in [0.15, 0.2) is 0 Å². The summed E-state index contributed by atoms with van der Waals surface area (Å²) >= 11 is 1.71. The van der Waals surface area contributed by atoms with E-state index in [4.69, 9.17) is 0 Å². The molecule has 0 saturated carbocycles. The summed E-state index contributed by atoms with van der Waals surface area (Å²) in [6.07, 6.45) is -2.09. The maximum absolute atomic E-state index is 13.9. The number of hydrogen-bond donors (Lipinski definition) is 3. The lowest BCUT2D eigenvalue weighted by molar-refractivity contribution is -0.137. The Balaban J connectivity index is 1.40. The molecule has 2 atom stereocenters. The van der Waals surface area contributed by atoms with E-state index in [0.717, 1.165) is 53.0 Å². The molecule has 0 saturated heterocycles. The fraction of sp³-hybridized carbons (Fsp3) is 0.382. The van der Waals surface area contributed by atoms with Gasteiger partial charge < -0.3 is 24.6 Å². The van der Waals surface area contributed by atoms with Crippen LogP contribution in [-0.4, -0.2) is 47.1 Å².